The minimum Gasteiger partial charge on any atom is -0.495 e. The van der Waals surface area contributed by atoms with Crippen LogP contribution in [0.2, 0.25) is 5.02 Å². The Kier molecular flexibility index (Phi) is 11.9. The Hall–Kier alpha value is -4.94. The lowest BCUT2D eigenvalue weighted by Gasteiger charge is -2.36. The highest BCUT2D eigenvalue weighted by molar-refractivity contribution is 7.91. The molecule has 3 aliphatic rings. The van der Waals surface area contributed by atoms with E-state index in [4.69, 9.17) is 40.2 Å². The Bertz CT molecular complexity index is 2570. The summed E-state index contributed by atoms with van der Waals surface area (Å²) >= 11 is 8.35. The molecule has 0 bridgehead atoms. The molecule has 62 heavy (non-hydrogen) atoms. The van der Waals surface area contributed by atoms with E-state index >= 15 is 0 Å². The number of sulfonamides is 1. The molecular weight excluding hydrogens is 860 g/mol. The first-order chi connectivity index (χ1) is 29.0. The van der Waals surface area contributed by atoms with Gasteiger partial charge in [-0.2, -0.15) is 0 Å². The van der Waals surface area contributed by atoms with Crippen molar-refractivity contribution >= 4 is 78.8 Å². The summed E-state index contributed by atoms with van der Waals surface area (Å²) in [5.41, 5.74) is -1.26. The molecule has 334 valence electrons. The normalized spacial score (nSPS) is 22.0. The van der Waals surface area contributed by atoms with Crippen molar-refractivity contribution < 1.29 is 46.2 Å². The van der Waals surface area contributed by atoms with Gasteiger partial charge in [0, 0.05) is 29.7 Å². The average Bonchev–Trinajstić information content (AvgIpc) is 3.99. The number of nitrogens with one attached hydrogen (secondary N) is 3. The number of hydrogen-bond acceptors (Lipinski definition) is 13. The van der Waals surface area contributed by atoms with Crippen molar-refractivity contribution in [2.75, 3.05) is 13.7 Å². The minimum absolute atomic E-state index is 0.0696. The Labute approximate surface area is 369 Å². The zero-order valence-electron chi connectivity index (χ0n) is 36.2. The highest BCUT2D eigenvalue weighted by Gasteiger charge is 2.62. The lowest BCUT2D eigenvalue weighted by Crippen LogP contribution is -2.60. The van der Waals surface area contributed by atoms with Crippen molar-refractivity contribution in [3.05, 3.63) is 46.3 Å². The number of alkyl carbamates (subject to hydrolysis) is 1. The van der Waals surface area contributed by atoms with Gasteiger partial charge < -0.3 is 34.2 Å². The Balaban J connectivity index is 1.27. The molecule has 1 aliphatic heterocycles. The number of amides is 4. The second kappa shape index (κ2) is 16.3. The number of fused-ring (bicyclic) bond motifs is 3. The number of likely N-dealkylation sites (tertiary alicyclic amines) is 1. The van der Waals surface area contributed by atoms with Crippen molar-refractivity contribution in [3.63, 3.8) is 0 Å². The third kappa shape index (κ3) is 8.95. The Morgan fingerprint density at radius 2 is 1.79 bits per heavy atom. The van der Waals surface area contributed by atoms with Crippen LogP contribution in [0.4, 0.5) is 4.79 Å². The Morgan fingerprint density at radius 3 is 2.37 bits per heavy atom. The number of carbonyl (C=O) groups is 4. The molecule has 3 fully saturated rings. The maximum absolute atomic E-state index is 14.8. The van der Waals surface area contributed by atoms with Gasteiger partial charge >= 0.3 is 6.09 Å². The molecule has 0 spiro atoms. The van der Waals surface area contributed by atoms with Crippen LogP contribution < -0.4 is 24.8 Å². The highest BCUT2D eigenvalue weighted by Crippen LogP contribution is 2.46. The van der Waals surface area contributed by atoms with Gasteiger partial charge in [0.15, 0.2) is 11.3 Å². The third-order valence-corrected chi connectivity index (χ3v) is 14.5. The standard InChI is InChI=1S/C43H53ClN6O10S2/c1-11-22-18-43(22,39(53)49-62(55,56)24-12-13-24)48-36(51)27-16-23(19-50(27)38(52)35(41(4,5)6)47-40(54)60-42(7,8)9)58-30-17-25(26-20-61-37(46-26)21(2)3)45-33-31-28(59-34(30)33)14-15-29(57-10)32(31)44/h11,14-15,17,20-24,27,35H,1,12-13,16,18-19H2,2-10H3,(H,47,54)(H,48,51)(H,49,53). The van der Waals surface area contributed by atoms with E-state index in [0.717, 1.165) is 5.01 Å². The number of carbonyl (C=O) groups excluding carboxylic acids is 4. The molecule has 4 amide bonds. The molecule has 3 aromatic heterocycles. The van der Waals surface area contributed by atoms with E-state index in [2.05, 4.69) is 21.9 Å². The number of ether oxygens (including phenoxy) is 3. The van der Waals surface area contributed by atoms with Gasteiger partial charge in [0.05, 0.1) is 40.0 Å². The highest BCUT2D eigenvalue weighted by atomic mass is 35.5. The van der Waals surface area contributed by atoms with Gasteiger partial charge in [-0.25, -0.2) is 23.2 Å². The Morgan fingerprint density at radius 1 is 1.08 bits per heavy atom. The lowest BCUT2D eigenvalue weighted by molar-refractivity contribution is -0.143. The van der Waals surface area contributed by atoms with E-state index in [1.54, 1.807) is 59.7 Å². The van der Waals surface area contributed by atoms with Gasteiger partial charge in [0.25, 0.3) is 5.91 Å². The first kappa shape index (κ1) is 45.1. The summed E-state index contributed by atoms with van der Waals surface area (Å²) < 4.78 is 52.0. The van der Waals surface area contributed by atoms with Crippen molar-refractivity contribution in [1.29, 1.82) is 0 Å². The van der Waals surface area contributed by atoms with Gasteiger partial charge in [0.2, 0.25) is 21.8 Å². The van der Waals surface area contributed by atoms with Crippen LogP contribution >= 0.6 is 22.9 Å². The number of rotatable bonds is 13. The van der Waals surface area contributed by atoms with Gasteiger partial charge in [-0.05, 0) is 57.6 Å². The fourth-order valence-corrected chi connectivity index (χ4v) is 10.1. The molecule has 16 nitrogen and oxygen atoms in total. The molecule has 2 saturated carbocycles. The van der Waals surface area contributed by atoms with Crippen LogP contribution in [0.1, 0.15) is 92.0 Å². The third-order valence-electron chi connectivity index (χ3n) is 11.1. The molecule has 0 radical (unpaired) electrons. The van der Waals surface area contributed by atoms with E-state index in [0.29, 0.717) is 46.5 Å². The maximum atomic E-state index is 14.8. The molecule has 3 N–H and O–H groups in total. The predicted molar refractivity (Wildman–Crippen MR) is 235 cm³/mol. The smallest absolute Gasteiger partial charge is 0.408 e. The predicted octanol–water partition coefficient (Wildman–Crippen LogP) is 6.85. The van der Waals surface area contributed by atoms with Gasteiger partial charge in [0.1, 0.15) is 51.9 Å². The number of nitrogens with zero attached hydrogens (tertiary/aromatic N) is 3. The van der Waals surface area contributed by atoms with Gasteiger partial charge in [-0.15, -0.1) is 17.9 Å². The maximum Gasteiger partial charge on any atom is 0.408 e. The van der Waals surface area contributed by atoms with Crippen LogP contribution in [0.3, 0.4) is 0 Å². The van der Waals surface area contributed by atoms with Crippen LogP contribution in [0.5, 0.6) is 11.5 Å². The summed E-state index contributed by atoms with van der Waals surface area (Å²) in [6.45, 7) is 18.2. The van der Waals surface area contributed by atoms with Crippen molar-refractivity contribution in [1.82, 2.24) is 30.2 Å². The fraction of sp³-hybridized carbons (Fsp3) is 0.535. The molecule has 19 heteroatoms. The fourth-order valence-electron chi connectivity index (χ4n) is 7.59. The van der Waals surface area contributed by atoms with Gasteiger partial charge in [-0.1, -0.05) is 52.3 Å². The van der Waals surface area contributed by atoms with Gasteiger partial charge in [-0.3, -0.25) is 19.1 Å². The summed E-state index contributed by atoms with van der Waals surface area (Å²) in [4.78, 5) is 67.4. The summed E-state index contributed by atoms with van der Waals surface area (Å²) in [6, 6.07) is 2.65. The number of hydrogen-bond donors (Lipinski definition) is 3. The average molecular weight is 914 g/mol. The number of thiazole rings is 1. The van der Waals surface area contributed by atoms with E-state index in [9.17, 15) is 27.6 Å². The monoisotopic (exact) mass is 912 g/mol. The molecule has 5 atom stereocenters. The second-order valence-corrected chi connectivity index (χ2v) is 21.8. The second-order valence-electron chi connectivity index (χ2n) is 18.6. The van der Waals surface area contributed by atoms with Crippen LogP contribution in [0.25, 0.3) is 33.5 Å². The van der Waals surface area contributed by atoms with Crippen molar-refractivity contribution in [2.24, 2.45) is 11.3 Å². The topological polar surface area (TPSA) is 208 Å². The summed E-state index contributed by atoms with van der Waals surface area (Å²) in [6.07, 6.45) is 0.705. The molecule has 7 rings (SSSR count). The van der Waals surface area contributed by atoms with Crippen LogP contribution in [-0.2, 0) is 29.1 Å². The van der Waals surface area contributed by atoms with E-state index in [1.165, 1.54) is 29.4 Å². The van der Waals surface area contributed by atoms with E-state index < -0.39 is 79.7 Å². The van der Waals surface area contributed by atoms with Crippen LogP contribution in [0.15, 0.2) is 40.7 Å². The van der Waals surface area contributed by atoms with Crippen LogP contribution in [0, 0.1) is 11.3 Å². The van der Waals surface area contributed by atoms with Crippen LogP contribution in [-0.4, -0.2) is 95.3 Å². The lowest BCUT2D eigenvalue weighted by atomic mass is 9.85. The van der Waals surface area contributed by atoms with E-state index in [-0.39, 0.29) is 41.7 Å². The number of benzene rings is 1. The SMILES string of the molecule is C=CC1CC1(NC(=O)C1CC(Oc2cc(-c3csc(C(C)C)n3)nc3c2oc2ccc(OC)c(Cl)c23)CN1C(=O)C(NC(=O)OC(C)(C)C)C(C)(C)C)C(=O)NS(=O)(=O)C1CC1. The first-order valence-electron chi connectivity index (χ1n) is 20.5. The molecule has 4 heterocycles. The number of methoxy groups -OCH3 is 1. The quantitative estimate of drug-likeness (QED) is 0.118. The first-order valence-corrected chi connectivity index (χ1v) is 23.3. The molecule has 1 saturated heterocycles. The molecule has 1 aromatic carbocycles. The zero-order valence-corrected chi connectivity index (χ0v) is 38.6. The molecule has 2 aliphatic carbocycles. The largest absolute Gasteiger partial charge is 0.495 e. The summed E-state index contributed by atoms with van der Waals surface area (Å²) in [7, 11) is -2.45. The molecule has 4 aromatic rings. The molecule has 5 unspecified atom stereocenters. The number of pyridine rings is 1. The summed E-state index contributed by atoms with van der Waals surface area (Å²) in [5, 5.41) is 8.42. The molecular formula is C43H53ClN6O10S2. The number of furan rings is 1. The summed E-state index contributed by atoms with van der Waals surface area (Å²) in [5.74, 6) is -1.96. The number of aromatic nitrogens is 2. The van der Waals surface area contributed by atoms with E-state index in [1.807, 2.05) is 19.2 Å². The number of halogens is 1. The van der Waals surface area contributed by atoms with Crippen molar-refractivity contribution in [3.8, 4) is 22.9 Å². The minimum atomic E-state index is -3.95. The zero-order chi connectivity index (χ0) is 45.3. The van der Waals surface area contributed by atoms with Crippen molar-refractivity contribution in [2.45, 2.75) is 122 Å².